The summed E-state index contributed by atoms with van der Waals surface area (Å²) in [7, 11) is 1.62. The number of imidazole rings is 1. The number of methoxy groups -OCH3 is 1. The summed E-state index contributed by atoms with van der Waals surface area (Å²) in [5.41, 5.74) is 0.831. The van der Waals surface area contributed by atoms with Crippen molar-refractivity contribution in [2.45, 2.75) is 12.5 Å². The van der Waals surface area contributed by atoms with Crippen LogP contribution in [0.1, 0.15) is 12.5 Å². The van der Waals surface area contributed by atoms with Crippen molar-refractivity contribution in [1.29, 1.82) is 0 Å². The molecule has 0 saturated carbocycles. The zero-order valence-corrected chi connectivity index (χ0v) is 10.7. The van der Waals surface area contributed by atoms with Crippen molar-refractivity contribution < 1.29 is 9.53 Å². The van der Waals surface area contributed by atoms with Crippen molar-refractivity contribution >= 4 is 11.6 Å². The molecule has 1 aromatic heterocycles. The van der Waals surface area contributed by atoms with Gasteiger partial charge in [-0.2, -0.15) is 0 Å². The first-order valence-corrected chi connectivity index (χ1v) is 6.23. The SMILES string of the molecule is COc1ccccc1N1CC[C@H](n2ccnc2)C1=O. The summed E-state index contributed by atoms with van der Waals surface area (Å²) >= 11 is 0. The maximum absolute atomic E-state index is 12.5. The Hall–Kier alpha value is -2.30. The first-order valence-electron chi connectivity index (χ1n) is 6.23. The van der Waals surface area contributed by atoms with Gasteiger partial charge in [0.05, 0.1) is 19.1 Å². The van der Waals surface area contributed by atoms with E-state index in [1.807, 2.05) is 35.0 Å². The van der Waals surface area contributed by atoms with Crippen LogP contribution in [0, 0.1) is 0 Å². The molecule has 1 aromatic carbocycles. The average molecular weight is 257 g/mol. The quantitative estimate of drug-likeness (QED) is 0.843. The number of anilines is 1. The first-order chi connectivity index (χ1) is 9.31. The fourth-order valence-electron chi connectivity index (χ4n) is 2.49. The zero-order chi connectivity index (χ0) is 13.2. The number of amides is 1. The summed E-state index contributed by atoms with van der Waals surface area (Å²) in [5.74, 6) is 0.810. The molecular formula is C14H15N3O2. The number of para-hydroxylation sites is 2. The third-order valence-electron chi connectivity index (χ3n) is 3.44. The van der Waals surface area contributed by atoms with Crippen LogP contribution in [0.15, 0.2) is 43.0 Å². The molecule has 0 unspecified atom stereocenters. The summed E-state index contributed by atoms with van der Waals surface area (Å²) in [6.45, 7) is 0.696. The van der Waals surface area contributed by atoms with Crippen LogP contribution in [0.4, 0.5) is 5.69 Å². The maximum atomic E-state index is 12.5. The van der Waals surface area contributed by atoms with Gasteiger partial charge in [-0.05, 0) is 18.6 Å². The van der Waals surface area contributed by atoms with Crippen LogP contribution >= 0.6 is 0 Å². The lowest BCUT2D eigenvalue weighted by molar-refractivity contribution is -0.119. The monoisotopic (exact) mass is 257 g/mol. The normalized spacial score (nSPS) is 18.9. The van der Waals surface area contributed by atoms with Crippen LogP contribution in [0.5, 0.6) is 5.75 Å². The highest BCUT2D eigenvalue weighted by Gasteiger charge is 2.34. The van der Waals surface area contributed by atoms with Gasteiger partial charge in [0, 0.05) is 18.9 Å². The van der Waals surface area contributed by atoms with Crippen LogP contribution in [0.3, 0.4) is 0 Å². The van der Waals surface area contributed by atoms with Crippen LogP contribution in [0.2, 0.25) is 0 Å². The smallest absolute Gasteiger partial charge is 0.250 e. The fourth-order valence-corrected chi connectivity index (χ4v) is 2.49. The lowest BCUT2D eigenvalue weighted by Crippen LogP contribution is -2.28. The van der Waals surface area contributed by atoms with Gasteiger partial charge in [0.15, 0.2) is 0 Å². The Kier molecular flexibility index (Phi) is 2.95. The Morgan fingerprint density at radius 2 is 2.21 bits per heavy atom. The van der Waals surface area contributed by atoms with Gasteiger partial charge >= 0.3 is 0 Å². The lowest BCUT2D eigenvalue weighted by Gasteiger charge is -2.19. The molecule has 5 heteroatoms. The van der Waals surface area contributed by atoms with E-state index in [1.54, 1.807) is 24.5 Å². The van der Waals surface area contributed by atoms with E-state index in [9.17, 15) is 4.79 Å². The Morgan fingerprint density at radius 3 is 2.95 bits per heavy atom. The maximum Gasteiger partial charge on any atom is 0.250 e. The number of hydrogen-bond donors (Lipinski definition) is 0. The molecule has 0 aliphatic carbocycles. The second-order valence-corrected chi connectivity index (χ2v) is 4.48. The van der Waals surface area contributed by atoms with Crippen LogP contribution < -0.4 is 9.64 Å². The van der Waals surface area contributed by atoms with Crippen LogP contribution in [-0.4, -0.2) is 29.1 Å². The number of aromatic nitrogens is 2. The van der Waals surface area contributed by atoms with Gasteiger partial charge in [0.25, 0.3) is 0 Å². The molecule has 2 heterocycles. The van der Waals surface area contributed by atoms with E-state index < -0.39 is 0 Å². The molecule has 1 aliphatic heterocycles. The Bertz CT molecular complexity index is 580. The molecule has 0 N–H and O–H groups in total. The Morgan fingerprint density at radius 1 is 1.37 bits per heavy atom. The fraction of sp³-hybridized carbons (Fsp3) is 0.286. The van der Waals surface area contributed by atoms with Crippen molar-refractivity contribution in [3.05, 3.63) is 43.0 Å². The highest BCUT2D eigenvalue weighted by molar-refractivity contribution is 5.99. The van der Waals surface area contributed by atoms with Gasteiger partial charge in [-0.25, -0.2) is 4.98 Å². The molecule has 1 fully saturated rings. The minimum Gasteiger partial charge on any atom is -0.495 e. The summed E-state index contributed by atoms with van der Waals surface area (Å²) < 4.78 is 7.18. The molecule has 3 rings (SSSR count). The number of nitrogens with zero attached hydrogens (tertiary/aromatic N) is 3. The molecule has 19 heavy (non-hydrogen) atoms. The summed E-state index contributed by atoms with van der Waals surface area (Å²) in [6.07, 6.45) is 5.99. The highest BCUT2D eigenvalue weighted by Crippen LogP contribution is 2.34. The van der Waals surface area contributed by atoms with E-state index in [0.717, 1.165) is 17.9 Å². The minimum atomic E-state index is -0.160. The van der Waals surface area contributed by atoms with E-state index in [1.165, 1.54) is 0 Å². The average Bonchev–Trinajstić information content (AvgIpc) is 3.08. The number of hydrogen-bond acceptors (Lipinski definition) is 3. The number of carbonyl (C=O) groups is 1. The van der Waals surface area contributed by atoms with Gasteiger partial charge in [0.2, 0.25) is 5.91 Å². The van der Waals surface area contributed by atoms with Gasteiger partial charge < -0.3 is 14.2 Å². The van der Waals surface area contributed by atoms with E-state index in [-0.39, 0.29) is 11.9 Å². The van der Waals surface area contributed by atoms with Gasteiger partial charge in [-0.3, -0.25) is 4.79 Å². The van der Waals surface area contributed by atoms with Gasteiger partial charge in [0.1, 0.15) is 11.8 Å². The number of carbonyl (C=O) groups excluding carboxylic acids is 1. The van der Waals surface area contributed by atoms with Gasteiger partial charge in [-0.15, -0.1) is 0 Å². The molecule has 1 atom stereocenters. The topological polar surface area (TPSA) is 47.4 Å². The largest absolute Gasteiger partial charge is 0.495 e. The minimum absolute atomic E-state index is 0.0856. The van der Waals surface area contributed by atoms with Crippen molar-refractivity contribution in [2.75, 3.05) is 18.6 Å². The predicted octanol–water partition coefficient (Wildman–Crippen LogP) is 1.87. The Balaban J connectivity index is 1.90. The van der Waals surface area contributed by atoms with Crippen molar-refractivity contribution in [3.63, 3.8) is 0 Å². The molecule has 1 saturated heterocycles. The second kappa shape index (κ2) is 4.76. The molecule has 0 radical (unpaired) electrons. The first kappa shape index (κ1) is 11.8. The third kappa shape index (κ3) is 1.97. The standard InChI is InChI=1S/C14H15N3O2/c1-19-13-5-3-2-4-11(13)17-8-6-12(14(17)18)16-9-7-15-10-16/h2-5,7,9-10,12H,6,8H2,1H3/t12-/m0/s1. The van der Waals surface area contributed by atoms with E-state index in [2.05, 4.69) is 4.98 Å². The number of ether oxygens (including phenoxy) is 1. The van der Waals surface area contributed by atoms with E-state index in [4.69, 9.17) is 4.74 Å². The van der Waals surface area contributed by atoms with E-state index >= 15 is 0 Å². The molecule has 1 amide bonds. The summed E-state index contributed by atoms with van der Waals surface area (Å²) in [5, 5.41) is 0. The number of benzene rings is 1. The molecule has 5 nitrogen and oxygen atoms in total. The summed E-state index contributed by atoms with van der Waals surface area (Å²) in [4.78, 5) is 18.3. The molecule has 1 aliphatic rings. The molecule has 2 aromatic rings. The van der Waals surface area contributed by atoms with Crippen molar-refractivity contribution in [1.82, 2.24) is 9.55 Å². The zero-order valence-electron chi connectivity index (χ0n) is 10.7. The van der Waals surface area contributed by atoms with Gasteiger partial charge in [-0.1, -0.05) is 12.1 Å². The third-order valence-corrected chi connectivity index (χ3v) is 3.44. The lowest BCUT2D eigenvalue weighted by atomic mass is 10.2. The molecule has 98 valence electrons. The van der Waals surface area contributed by atoms with Crippen LogP contribution in [-0.2, 0) is 4.79 Å². The second-order valence-electron chi connectivity index (χ2n) is 4.48. The van der Waals surface area contributed by atoms with Crippen molar-refractivity contribution in [3.8, 4) is 5.75 Å². The highest BCUT2D eigenvalue weighted by atomic mass is 16.5. The molecular weight excluding hydrogens is 242 g/mol. The molecule has 0 bridgehead atoms. The number of rotatable bonds is 3. The summed E-state index contributed by atoms with van der Waals surface area (Å²) in [6, 6.07) is 7.43. The molecule has 0 spiro atoms. The Labute approximate surface area is 111 Å². The predicted molar refractivity (Wildman–Crippen MR) is 71.2 cm³/mol. The van der Waals surface area contributed by atoms with Crippen LogP contribution in [0.25, 0.3) is 0 Å². The van der Waals surface area contributed by atoms with E-state index in [0.29, 0.717) is 6.54 Å². The van der Waals surface area contributed by atoms with Crippen molar-refractivity contribution in [2.24, 2.45) is 0 Å².